The van der Waals surface area contributed by atoms with E-state index >= 15 is 0 Å². The minimum atomic E-state index is -0.511. The molecule has 2 heterocycles. The number of para-hydroxylation sites is 1. The van der Waals surface area contributed by atoms with Gasteiger partial charge in [0, 0.05) is 22.7 Å². The van der Waals surface area contributed by atoms with Crippen molar-refractivity contribution < 1.29 is 9.90 Å². The largest absolute Gasteiger partial charge is 0.494 e. The fourth-order valence-electron chi connectivity index (χ4n) is 3.63. The fourth-order valence-corrected chi connectivity index (χ4v) is 4.18. The van der Waals surface area contributed by atoms with Gasteiger partial charge in [0.15, 0.2) is 4.77 Å². The van der Waals surface area contributed by atoms with Crippen molar-refractivity contribution in [3.05, 3.63) is 90.0 Å². The average Bonchev–Trinajstić information content (AvgIpc) is 3.15. The topological polar surface area (TPSA) is 99.5 Å². The van der Waals surface area contributed by atoms with Gasteiger partial charge in [-0.3, -0.25) is 19.1 Å². The number of carbonyl (C=O) groups excluding carboxylic acids is 1. The monoisotopic (exact) mass is 524 g/mol. The number of hydrogen-bond acceptors (Lipinski definition) is 5. The number of halogens is 1. The number of aromatic hydroxyl groups is 1. The van der Waals surface area contributed by atoms with Gasteiger partial charge >= 0.3 is 0 Å². The van der Waals surface area contributed by atoms with Gasteiger partial charge in [-0.1, -0.05) is 41.1 Å². The minimum Gasteiger partial charge on any atom is -0.494 e. The van der Waals surface area contributed by atoms with Crippen molar-refractivity contribution in [3.8, 4) is 11.6 Å². The van der Waals surface area contributed by atoms with Gasteiger partial charge < -0.3 is 10.4 Å². The number of nitrogens with one attached hydrogen (secondary N) is 2. The van der Waals surface area contributed by atoms with Crippen LogP contribution in [0.15, 0.2) is 68.5 Å². The molecule has 1 aromatic heterocycles. The number of amides is 1. The molecule has 0 fully saturated rings. The van der Waals surface area contributed by atoms with Gasteiger partial charge in [-0.15, -0.1) is 0 Å². The highest BCUT2D eigenvalue weighted by atomic mass is 79.9. The van der Waals surface area contributed by atoms with Crippen LogP contribution in [-0.2, 0) is 4.79 Å². The van der Waals surface area contributed by atoms with Crippen molar-refractivity contribution in [2.75, 3.05) is 6.54 Å². The van der Waals surface area contributed by atoms with Crippen LogP contribution in [0, 0.1) is 4.77 Å². The predicted octanol–water partition coefficient (Wildman–Crippen LogP) is 3.10. The molecule has 33 heavy (non-hydrogen) atoms. The summed E-state index contributed by atoms with van der Waals surface area (Å²) < 4.78 is 2.36. The maximum atomic E-state index is 12.8. The molecule has 7 nitrogen and oxygen atoms in total. The highest BCUT2D eigenvalue weighted by Gasteiger charge is 2.18. The number of carbonyl (C=O) groups is 1. The van der Waals surface area contributed by atoms with E-state index in [1.54, 1.807) is 25.1 Å². The molecule has 0 saturated heterocycles. The first-order valence-corrected chi connectivity index (χ1v) is 11.6. The molecule has 4 rings (SSSR count). The minimum absolute atomic E-state index is 0.0324. The normalized spacial score (nSPS) is 13.6. The van der Waals surface area contributed by atoms with Gasteiger partial charge in [0.2, 0.25) is 11.8 Å². The van der Waals surface area contributed by atoms with Crippen LogP contribution >= 0.6 is 28.1 Å². The molecule has 1 aliphatic heterocycles. The lowest BCUT2D eigenvalue weighted by Gasteiger charge is -2.12. The van der Waals surface area contributed by atoms with Gasteiger partial charge in [-0.2, -0.15) is 0 Å². The molecule has 0 spiro atoms. The molecule has 168 valence electrons. The van der Waals surface area contributed by atoms with Crippen LogP contribution in [0.4, 0.5) is 0 Å². The van der Waals surface area contributed by atoms with Gasteiger partial charge in [-0.05, 0) is 60.6 Å². The predicted molar refractivity (Wildman–Crippen MR) is 133 cm³/mol. The summed E-state index contributed by atoms with van der Waals surface area (Å²) in [6.07, 6.45) is 2.50. The molecule has 3 aromatic rings. The SMILES string of the molecule is CCC(=O)NCCC1=c2ccccc2=NC1=Cc1c(O)n(-c2ccc(Br)cc2)c(=S)[nH]c1=O. The Bertz CT molecular complexity index is 1500. The van der Waals surface area contributed by atoms with E-state index in [4.69, 9.17) is 12.2 Å². The molecule has 3 N–H and O–H groups in total. The van der Waals surface area contributed by atoms with Crippen molar-refractivity contribution in [1.82, 2.24) is 14.9 Å². The Kier molecular flexibility index (Phi) is 6.71. The second-order valence-electron chi connectivity index (χ2n) is 7.40. The van der Waals surface area contributed by atoms with E-state index in [1.807, 2.05) is 36.4 Å². The maximum Gasteiger partial charge on any atom is 0.262 e. The Morgan fingerprint density at radius 2 is 1.97 bits per heavy atom. The Balaban J connectivity index is 1.82. The van der Waals surface area contributed by atoms with Gasteiger partial charge in [0.1, 0.15) is 5.56 Å². The zero-order valence-electron chi connectivity index (χ0n) is 17.8. The third-order valence-electron chi connectivity index (χ3n) is 5.28. The van der Waals surface area contributed by atoms with Gasteiger partial charge in [0.05, 0.1) is 16.7 Å². The van der Waals surface area contributed by atoms with Crippen LogP contribution in [0.3, 0.4) is 0 Å². The van der Waals surface area contributed by atoms with E-state index in [9.17, 15) is 14.7 Å². The van der Waals surface area contributed by atoms with Crippen molar-refractivity contribution in [3.63, 3.8) is 0 Å². The smallest absolute Gasteiger partial charge is 0.262 e. The Morgan fingerprint density at radius 1 is 1.24 bits per heavy atom. The number of H-pyrrole nitrogens is 1. The first-order chi connectivity index (χ1) is 15.9. The molecule has 0 aliphatic carbocycles. The number of aromatic amines is 1. The van der Waals surface area contributed by atoms with Gasteiger partial charge in [-0.25, -0.2) is 4.99 Å². The van der Waals surface area contributed by atoms with E-state index in [2.05, 4.69) is 31.2 Å². The molecule has 2 aromatic carbocycles. The molecule has 0 radical (unpaired) electrons. The lowest BCUT2D eigenvalue weighted by molar-refractivity contribution is -0.120. The highest BCUT2D eigenvalue weighted by Crippen LogP contribution is 2.26. The fraction of sp³-hybridized carbons (Fsp3) is 0.167. The molecular formula is C24H21BrN4O3S. The third-order valence-corrected chi connectivity index (χ3v) is 6.10. The zero-order valence-corrected chi connectivity index (χ0v) is 20.2. The van der Waals surface area contributed by atoms with E-state index < -0.39 is 5.56 Å². The van der Waals surface area contributed by atoms with Crippen LogP contribution in [0.5, 0.6) is 5.88 Å². The van der Waals surface area contributed by atoms with Crippen LogP contribution in [0.2, 0.25) is 0 Å². The number of benzene rings is 2. The third kappa shape index (κ3) is 4.74. The molecule has 0 saturated carbocycles. The molecule has 0 atom stereocenters. The van der Waals surface area contributed by atoms with Gasteiger partial charge in [0.25, 0.3) is 5.56 Å². The summed E-state index contributed by atoms with van der Waals surface area (Å²) in [4.78, 5) is 31.7. The zero-order chi connectivity index (χ0) is 23.5. The van der Waals surface area contributed by atoms with Crippen LogP contribution in [0.1, 0.15) is 25.3 Å². The Hall–Kier alpha value is -3.30. The molecular weight excluding hydrogens is 504 g/mol. The molecule has 0 unspecified atom stereocenters. The second-order valence-corrected chi connectivity index (χ2v) is 8.70. The Morgan fingerprint density at radius 3 is 2.70 bits per heavy atom. The van der Waals surface area contributed by atoms with Crippen LogP contribution in [-0.4, -0.2) is 27.1 Å². The number of aromatic nitrogens is 2. The second kappa shape index (κ2) is 9.68. The summed E-state index contributed by atoms with van der Waals surface area (Å²) in [5.74, 6) is -0.307. The standard InChI is InChI=1S/C24H21BrN4O3S/c1-2-21(30)26-12-11-17-16-5-3-4-6-19(16)27-20(17)13-18-22(31)28-24(33)29(23(18)32)15-9-7-14(25)8-10-15/h3-10,13,32H,2,11-12H2,1H3,(H,26,30)(H,28,31,33). The van der Waals surface area contributed by atoms with Crippen molar-refractivity contribution in [2.24, 2.45) is 4.99 Å². The molecule has 1 amide bonds. The number of fused-ring (bicyclic) bond motifs is 1. The molecule has 0 bridgehead atoms. The van der Waals surface area contributed by atoms with Crippen LogP contribution in [0.25, 0.3) is 17.3 Å². The molecule has 1 aliphatic rings. The number of rotatable bonds is 6. The summed E-state index contributed by atoms with van der Waals surface area (Å²) >= 11 is 8.69. The highest BCUT2D eigenvalue weighted by molar-refractivity contribution is 9.10. The van der Waals surface area contributed by atoms with Crippen molar-refractivity contribution in [1.29, 1.82) is 0 Å². The first-order valence-electron chi connectivity index (χ1n) is 10.4. The van der Waals surface area contributed by atoms with E-state index in [0.717, 1.165) is 20.6 Å². The number of nitrogens with zero attached hydrogens (tertiary/aromatic N) is 2. The quantitative estimate of drug-likeness (QED) is 0.431. The van der Waals surface area contributed by atoms with Crippen LogP contribution < -0.4 is 21.5 Å². The summed E-state index contributed by atoms with van der Waals surface area (Å²) in [6.45, 7) is 2.24. The number of hydrogen-bond donors (Lipinski definition) is 3. The van der Waals surface area contributed by atoms with E-state index in [1.165, 1.54) is 4.57 Å². The lowest BCUT2D eigenvalue weighted by atomic mass is 10.1. The Labute approximate surface area is 203 Å². The number of allylic oxidation sites excluding steroid dienone is 1. The summed E-state index contributed by atoms with van der Waals surface area (Å²) in [7, 11) is 0. The van der Waals surface area contributed by atoms with Crippen molar-refractivity contribution >= 4 is 45.7 Å². The average molecular weight is 525 g/mol. The van der Waals surface area contributed by atoms with E-state index in [-0.39, 0.29) is 22.1 Å². The maximum absolute atomic E-state index is 12.8. The molecule has 9 heteroatoms. The lowest BCUT2D eigenvalue weighted by Crippen LogP contribution is -2.26. The summed E-state index contributed by atoms with van der Waals surface area (Å²) in [5, 5.41) is 15.6. The summed E-state index contributed by atoms with van der Waals surface area (Å²) in [6, 6.07) is 14.8. The van der Waals surface area contributed by atoms with E-state index in [0.29, 0.717) is 30.8 Å². The van der Waals surface area contributed by atoms with Crippen molar-refractivity contribution in [2.45, 2.75) is 19.8 Å². The summed E-state index contributed by atoms with van der Waals surface area (Å²) in [5.41, 5.74) is 1.59. The first kappa shape index (κ1) is 22.9.